The van der Waals surface area contributed by atoms with E-state index in [1.165, 1.54) is 7.11 Å². The lowest BCUT2D eigenvalue weighted by molar-refractivity contribution is 0.191. The first-order valence-corrected chi connectivity index (χ1v) is 6.20. The summed E-state index contributed by atoms with van der Waals surface area (Å²) < 4.78 is 25.0. The Morgan fingerprint density at radius 1 is 1.31 bits per heavy atom. The number of hydrogen-bond acceptors (Lipinski definition) is 2. The van der Waals surface area contributed by atoms with E-state index in [0.29, 0.717) is 10.2 Å². The van der Waals surface area contributed by atoms with Gasteiger partial charge in [0.05, 0.1) is 17.7 Å². The molecule has 1 aliphatic carbocycles. The Labute approximate surface area is 103 Å². The Kier molecular flexibility index (Phi) is 3.69. The maximum Gasteiger partial charge on any atom is 0.198 e. The third kappa shape index (κ3) is 2.32. The van der Waals surface area contributed by atoms with Crippen molar-refractivity contribution in [3.63, 3.8) is 0 Å². The molecule has 1 saturated carbocycles. The van der Waals surface area contributed by atoms with E-state index in [-0.39, 0.29) is 17.7 Å². The van der Waals surface area contributed by atoms with Crippen LogP contribution in [0, 0.1) is 5.82 Å². The molecule has 0 aliphatic heterocycles. The van der Waals surface area contributed by atoms with Crippen molar-refractivity contribution in [2.24, 2.45) is 0 Å². The molecule has 1 aromatic carbocycles. The molecular formula is C12H14BrFO2. The van der Waals surface area contributed by atoms with Gasteiger partial charge in [-0.1, -0.05) is 0 Å². The highest BCUT2D eigenvalue weighted by molar-refractivity contribution is 9.10. The highest BCUT2D eigenvalue weighted by Crippen LogP contribution is 2.37. The smallest absolute Gasteiger partial charge is 0.198 e. The molecule has 0 unspecified atom stereocenters. The quantitative estimate of drug-likeness (QED) is 0.839. The summed E-state index contributed by atoms with van der Waals surface area (Å²) in [5.41, 5.74) is 0. The van der Waals surface area contributed by atoms with E-state index >= 15 is 0 Å². The maximum atomic E-state index is 13.9. The van der Waals surface area contributed by atoms with Crippen LogP contribution in [0.2, 0.25) is 0 Å². The minimum atomic E-state index is -0.383. The van der Waals surface area contributed by atoms with E-state index in [0.717, 1.165) is 25.7 Å². The van der Waals surface area contributed by atoms with E-state index in [2.05, 4.69) is 15.9 Å². The molecule has 16 heavy (non-hydrogen) atoms. The Morgan fingerprint density at radius 2 is 2.00 bits per heavy atom. The minimum absolute atomic E-state index is 0.123. The summed E-state index contributed by atoms with van der Waals surface area (Å²) >= 11 is 3.15. The number of rotatable bonds is 3. The molecule has 4 heteroatoms. The standard InChI is InChI=1S/C12H14BrFO2/c1-15-10-7-6-9(13)11(14)12(10)16-8-4-2-3-5-8/h6-8H,2-5H2,1H3. The summed E-state index contributed by atoms with van der Waals surface area (Å²) in [4.78, 5) is 0. The summed E-state index contributed by atoms with van der Waals surface area (Å²) in [6.07, 6.45) is 4.42. The van der Waals surface area contributed by atoms with Crippen molar-refractivity contribution < 1.29 is 13.9 Å². The third-order valence-electron chi connectivity index (χ3n) is 2.82. The van der Waals surface area contributed by atoms with E-state index in [4.69, 9.17) is 9.47 Å². The second-order valence-corrected chi connectivity index (χ2v) is 4.77. The van der Waals surface area contributed by atoms with Gasteiger partial charge in [-0.15, -0.1) is 0 Å². The first-order chi connectivity index (χ1) is 7.72. The van der Waals surface area contributed by atoms with Crippen LogP contribution in [0.5, 0.6) is 11.5 Å². The van der Waals surface area contributed by atoms with Crippen molar-refractivity contribution in [2.45, 2.75) is 31.8 Å². The molecule has 1 aliphatic rings. The Balaban J connectivity index is 2.25. The predicted octanol–water partition coefficient (Wildman–Crippen LogP) is 3.92. The summed E-state index contributed by atoms with van der Waals surface area (Å²) in [6, 6.07) is 3.33. The van der Waals surface area contributed by atoms with Crippen LogP contribution in [-0.2, 0) is 0 Å². The zero-order valence-corrected chi connectivity index (χ0v) is 10.7. The Hall–Kier alpha value is -0.770. The maximum absolute atomic E-state index is 13.9. The fourth-order valence-electron chi connectivity index (χ4n) is 1.96. The highest BCUT2D eigenvalue weighted by Gasteiger charge is 2.21. The molecule has 88 valence electrons. The average molecular weight is 289 g/mol. The van der Waals surface area contributed by atoms with Crippen LogP contribution in [-0.4, -0.2) is 13.2 Å². The predicted molar refractivity (Wildman–Crippen MR) is 63.5 cm³/mol. The highest BCUT2D eigenvalue weighted by atomic mass is 79.9. The summed E-state index contributed by atoms with van der Waals surface area (Å²) in [5, 5.41) is 0. The first-order valence-electron chi connectivity index (χ1n) is 5.41. The number of benzene rings is 1. The summed E-state index contributed by atoms with van der Waals surface area (Å²) in [6.45, 7) is 0. The van der Waals surface area contributed by atoms with Gasteiger partial charge in [0.25, 0.3) is 0 Å². The number of ether oxygens (including phenoxy) is 2. The van der Waals surface area contributed by atoms with Crippen molar-refractivity contribution in [1.82, 2.24) is 0 Å². The zero-order valence-electron chi connectivity index (χ0n) is 9.13. The van der Waals surface area contributed by atoms with Crippen LogP contribution in [0.4, 0.5) is 4.39 Å². The van der Waals surface area contributed by atoms with Crippen molar-refractivity contribution >= 4 is 15.9 Å². The van der Waals surface area contributed by atoms with Gasteiger partial charge in [0.2, 0.25) is 0 Å². The minimum Gasteiger partial charge on any atom is -0.493 e. The SMILES string of the molecule is COc1ccc(Br)c(F)c1OC1CCCC1. The molecule has 0 N–H and O–H groups in total. The fraction of sp³-hybridized carbons (Fsp3) is 0.500. The number of methoxy groups -OCH3 is 1. The average Bonchev–Trinajstić information content (AvgIpc) is 2.78. The van der Waals surface area contributed by atoms with Crippen LogP contribution in [0.3, 0.4) is 0 Å². The van der Waals surface area contributed by atoms with E-state index in [1.54, 1.807) is 12.1 Å². The normalized spacial score (nSPS) is 16.4. The molecule has 0 bridgehead atoms. The van der Waals surface area contributed by atoms with Gasteiger partial charge in [0.1, 0.15) is 0 Å². The third-order valence-corrected chi connectivity index (χ3v) is 3.43. The van der Waals surface area contributed by atoms with Crippen molar-refractivity contribution in [1.29, 1.82) is 0 Å². The number of hydrogen-bond donors (Lipinski definition) is 0. The molecule has 0 atom stereocenters. The molecule has 2 nitrogen and oxygen atoms in total. The monoisotopic (exact) mass is 288 g/mol. The topological polar surface area (TPSA) is 18.5 Å². The first kappa shape index (κ1) is 11.7. The second-order valence-electron chi connectivity index (χ2n) is 3.92. The lowest BCUT2D eigenvalue weighted by Gasteiger charge is -2.16. The Morgan fingerprint density at radius 3 is 2.62 bits per heavy atom. The van der Waals surface area contributed by atoms with Gasteiger partial charge >= 0.3 is 0 Å². The van der Waals surface area contributed by atoms with E-state index in [9.17, 15) is 4.39 Å². The molecule has 1 fully saturated rings. The van der Waals surface area contributed by atoms with E-state index in [1.807, 2.05) is 0 Å². The molecule has 0 heterocycles. The molecule has 0 aromatic heterocycles. The fourth-order valence-corrected chi connectivity index (χ4v) is 2.27. The zero-order chi connectivity index (χ0) is 11.5. The van der Waals surface area contributed by atoms with Gasteiger partial charge in [0.15, 0.2) is 17.3 Å². The Bertz CT molecular complexity index is 376. The molecule has 0 radical (unpaired) electrons. The van der Waals surface area contributed by atoms with Crippen molar-refractivity contribution in [3.05, 3.63) is 22.4 Å². The lowest BCUT2D eigenvalue weighted by atomic mass is 10.2. The van der Waals surface area contributed by atoms with Crippen LogP contribution in [0.15, 0.2) is 16.6 Å². The van der Waals surface area contributed by atoms with Gasteiger partial charge in [-0.2, -0.15) is 0 Å². The second kappa shape index (κ2) is 5.04. The summed E-state index contributed by atoms with van der Waals surface area (Å²) in [7, 11) is 1.52. The molecule has 0 saturated heterocycles. The van der Waals surface area contributed by atoms with Crippen molar-refractivity contribution in [2.75, 3.05) is 7.11 Å². The van der Waals surface area contributed by atoms with Gasteiger partial charge in [0, 0.05) is 0 Å². The molecule has 1 aromatic rings. The van der Waals surface area contributed by atoms with Crippen LogP contribution in [0.25, 0.3) is 0 Å². The van der Waals surface area contributed by atoms with Gasteiger partial charge in [-0.25, -0.2) is 4.39 Å². The van der Waals surface area contributed by atoms with Gasteiger partial charge in [-0.05, 0) is 53.7 Å². The van der Waals surface area contributed by atoms with Crippen LogP contribution >= 0.6 is 15.9 Å². The van der Waals surface area contributed by atoms with Crippen molar-refractivity contribution in [3.8, 4) is 11.5 Å². The molecule has 0 spiro atoms. The van der Waals surface area contributed by atoms with Gasteiger partial charge < -0.3 is 9.47 Å². The lowest BCUT2D eigenvalue weighted by Crippen LogP contribution is -2.12. The molecule has 0 amide bonds. The molecule has 2 rings (SSSR count). The largest absolute Gasteiger partial charge is 0.493 e. The van der Waals surface area contributed by atoms with Crippen LogP contribution < -0.4 is 9.47 Å². The van der Waals surface area contributed by atoms with Crippen LogP contribution in [0.1, 0.15) is 25.7 Å². The summed E-state index contributed by atoms with van der Waals surface area (Å²) in [5.74, 6) is 0.294. The van der Waals surface area contributed by atoms with Gasteiger partial charge in [-0.3, -0.25) is 0 Å². The van der Waals surface area contributed by atoms with E-state index < -0.39 is 0 Å². The number of halogens is 2. The molecular weight excluding hydrogens is 275 g/mol.